The lowest BCUT2D eigenvalue weighted by Gasteiger charge is -2.26. The quantitative estimate of drug-likeness (QED) is 0.877. The van der Waals surface area contributed by atoms with Crippen LogP contribution < -0.4 is 5.73 Å². The second-order valence-electron chi connectivity index (χ2n) is 5.01. The molecule has 2 atom stereocenters. The molecule has 1 aromatic carbocycles. The summed E-state index contributed by atoms with van der Waals surface area (Å²) in [6.45, 7) is 0.685. The van der Waals surface area contributed by atoms with Crippen molar-refractivity contribution in [1.29, 1.82) is 0 Å². The molecule has 0 aromatic heterocycles. The Balaban J connectivity index is 1.94. The third-order valence-corrected chi connectivity index (χ3v) is 5.29. The first-order chi connectivity index (χ1) is 8.48. The molecule has 1 aromatic rings. The van der Waals surface area contributed by atoms with Crippen molar-refractivity contribution in [3.63, 3.8) is 0 Å². The molecule has 1 aliphatic rings. The maximum atomic E-state index is 11.4. The Hall–Kier alpha value is -0.910. The summed E-state index contributed by atoms with van der Waals surface area (Å²) >= 11 is 0. The molecule has 1 aliphatic heterocycles. The zero-order valence-electron chi connectivity index (χ0n) is 10.6. The van der Waals surface area contributed by atoms with Crippen LogP contribution >= 0.6 is 0 Å². The molecule has 1 heterocycles. The van der Waals surface area contributed by atoms with Crippen molar-refractivity contribution in [1.82, 2.24) is 4.90 Å². The van der Waals surface area contributed by atoms with Gasteiger partial charge in [-0.05, 0) is 19.0 Å². The van der Waals surface area contributed by atoms with Crippen LogP contribution in [0.3, 0.4) is 0 Å². The summed E-state index contributed by atoms with van der Waals surface area (Å²) in [7, 11) is -0.871. The smallest absolute Gasteiger partial charge is 0.151 e. The van der Waals surface area contributed by atoms with Gasteiger partial charge in [0.25, 0.3) is 0 Å². The minimum atomic E-state index is -2.82. The van der Waals surface area contributed by atoms with Gasteiger partial charge in [-0.25, -0.2) is 8.42 Å². The van der Waals surface area contributed by atoms with E-state index in [1.54, 1.807) is 0 Å². The van der Waals surface area contributed by atoms with E-state index < -0.39 is 9.84 Å². The van der Waals surface area contributed by atoms with Gasteiger partial charge in [-0.15, -0.1) is 0 Å². The molecule has 0 amide bonds. The molecule has 100 valence electrons. The SMILES string of the molecule is CN(CC(N)c1ccccc1)C1CCS(=O)(=O)C1. The highest BCUT2D eigenvalue weighted by Gasteiger charge is 2.31. The third-order valence-electron chi connectivity index (χ3n) is 3.54. The van der Waals surface area contributed by atoms with Crippen LogP contribution in [0.5, 0.6) is 0 Å². The maximum absolute atomic E-state index is 11.4. The standard InChI is InChI=1S/C13H20N2O2S/c1-15(12-7-8-18(16,17)10-12)9-13(14)11-5-3-2-4-6-11/h2-6,12-13H,7-10,14H2,1H3. The highest BCUT2D eigenvalue weighted by atomic mass is 32.2. The zero-order valence-corrected chi connectivity index (χ0v) is 11.4. The predicted octanol–water partition coefficient (Wildman–Crippen LogP) is 0.805. The number of rotatable bonds is 4. The Morgan fingerprint density at radius 3 is 2.61 bits per heavy atom. The van der Waals surface area contributed by atoms with Crippen LogP contribution in [-0.2, 0) is 9.84 Å². The minimum Gasteiger partial charge on any atom is -0.323 e. The van der Waals surface area contributed by atoms with E-state index in [0.717, 1.165) is 12.0 Å². The average Bonchev–Trinajstić information content (AvgIpc) is 2.71. The van der Waals surface area contributed by atoms with E-state index in [-0.39, 0.29) is 17.8 Å². The van der Waals surface area contributed by atoms with Crippen molar-refractivity contribution >= 4 is 9.84 Å². The Bertz CT molecular complexity index is 487. The van der Waals surface area contributed by atoms with Gasteiger partial charge in [0.05, 0.1) is 11.5 Å². The number of benzene rings is 1. The maximum Gasteiger partial charge on any atom is 0.151 e. The minimum absolute atomic E-state index is 0.0699. The van der Waals surface area contributed by atoms with Gasteiger partial charge < -0.3 is 10.6 Å². The summed E-state index contributed by atoms with van der Waals surface area (Å²) in [6, 6.07) is 9.95. The number of likely N-dealkylation sites (N-methyl/N-ethyl adjacent to an activating group) is 1. The fraction of sp³-hybridized carbons (Fsp3) is 0.538. The van der Waals surface area contributed by atoms with E-state index in [1.165, 1.54) is 0 Å². The predicted molar refractivity (Wildman–Crippen MR) is 73.1 cm³/mol. The number of hydrogen-bond donors (Lipinski definition) is 1. The Labute approximate surface area is 109 Å². The van der Waals surface area contributed by atoms with E-state index in [1.807, 2.05) is 37.4 Å². The molecular weight excluding hydrogens is 248 g/mol. The van der Waals surface area contributed by atoms with Crippen LogP contribution in [0.25, 0.3) is 0 Å². The second kappa shape index (κ2) is 5.38. The van der Waals surface area contributed by atoms with Crippen molar-refractivity contribution in [3.8, 4) is 0 Å². The van der Waals surface area contributed by atoms with Crippen molar-refractivity contribution in [2.24, 2.45) is 5.73 Å². The van der Waals surface area contributed by atoms with Gasteiger partial charge in [-0.3, -0.25) is 0 Å². The lowest BCUT2D eigenvalue weighted by atomic mass is 10.1. The van der Waals surface area contributed by atoms with Crippen molar-refractivity contribution in [2.45, 2.75) is 18.5 Å². The first-order valence-electron chi connectivity index (χ1n) is 6.19. The van der Waals surface area contributed by atoms with Crippen molar-refractivity contribution in [2.75, 3.05) is 25.1 Å². The molecule has 0 radical (unpaired) electrons. The molecule has 2 unspecified atom stereocenters. The number of sulfone groups is 1. The Morgan fingerprint density at radius 1 is 1.39 bits per heavy atom. The summed E-state index contributed by atoms with van der Waals surface area (Å²) in [5.41, 5.74) is 7.23. The molecule has 0 spiro atoms. The van der Waals surface area contributed by atoms with Gasteiger partial charge in [0.1, 0.15) is 0 Å². The average molecular weight is 268 g/mol. The molecule has 1 saturated heterocycles. The molecule has 1 fully saturated rings. The largest absolute Gasteiger partial charge is 0.323 e. The first-order valence-corrected chi connectivity index (χ1v) is 8.01. The number of nitrogens with two attached hydrogens (primary N) is 1. The highest BCUT2D eigenvalue weighted by molar-refractivity contribution is 7.91. The lowest BCUT2D eigenvalue weighted by Crippen LogP contribution is -2.37. The van der Waals surface area contributed by atoms with Crippen LogP contribution in [0.15, 0.2) is 30.3 Å². The molecule has 5 heteroatoms. The van der Waals surface area contributed by atoms with Gasteiger partial charge >= 0.3 is 0 Å². The summed E-state index contributed by atoms with van der Waals surface area (Å²) in [5, 5.41) is 0. The van der Waals surface area contributed by atoms with Gasteiger partial charge in [-0.1, -0.05) is 30.3 Å². The second-order valence-corrected chi connectivity index (χ2v) is 7.24. The summed E-state index contributed by atoms with van der Waals surface area (Å²) in [4.78, 5) is 2.07. The van der Waals surface area contributed by atoms with E-state index in [4.69, 9.17) is 5.73 Å². The fourth-order valence-electron chi connectivity index (χ4n) is 2.39. The summed E-state index contributed by atoms with van der Waals surface area (Å²) in [5.74, 6) is 0.577. The van der Waals surface area contributed by atoms with Crippen molar-refractivity contribution < 1.29 is 8.42 Å². The summed E-state index contributed by atoms with van der Waals surface area (Å²) in [6.07, 6.45) is 0.723. The van der Waals surface area contributed by atoms with Crippen LogP contribution in [0.2, 0.25) is 0 Å². The molecule has 2 rings (SSSR count). The van der Waals surface area contributed by atoms with Crippen LogP contribution in [0, 0.1) is 0 Å². The fourth-order valence-corrected chi connectivity index (χ4v) is 4.19. The normalized spacial score (nSPS) is 24.3. The van der Waals surface area contributed by atoms with E-state index in [9.17, 15) is 8.42 Å². The van der Waals surface area contributed by atoms with Gasteiger partial charge in [-0.2, -0.15) is 0 Å². The molecule has 4 nitrogen and oxygen atoms in total. The molecule has 0 aliphatic carbocycles. The lowest BCUT2D eigenvalue weighted by molar-refractivity contribution is 0.247. The van der Waals surface area contributed by atoms with Gasteiger partial charge in [0.15, 0.2) is 9.84 Å². The van der Waals surface area contributed by atoms with E-state index in [2.05, 4.69) is 4.90 Å². The Kier molecular flexibility index (Phi) is 4.04. The zero-order chi connectivity index (χ0) is 13.2. The van der Waals surface area contributed by atoms with Gasteiger partial charge in [0.2, 0.25) is 0 Å². The topological polar surface area (TPSA) is 63.4 Å². The first kappa shape index (κ1) is 13.5. The number of nitrogens with zero attached hydrogens (tertiary/aromatic N) is 1. The van der Waals surface area contributed by atoms with Crippen molar-refractivity contribution in [3.05, 3.63) is 35.9 Å². The van der Waals surface area contributed by atoms with Crippen LogP contribution in [0.1, 0.15) is 18.0 Å². The summed E-state index contributed by atoms with van der Waals surface area (Å²) < 4.78 is 22.9. The number of hydrogen-bond acceptors (Lipinski definition) is 4. The highest BCUT2D eigenvalue weighted by Crippen LogP contribution is 2.19. The van der Waals surface area contributed by atoms with Gasteiger partial charge in [0, 0.05) is 18.6 Å². The molecule has 0 bridgehead atoms. The molecule has 18 heavy (non-hydrogen) atoms. The Morgan fingerprint density at radius 2 is 2.06 bits per heavy atom. The van der Waals surface area contributed by atoms with E-state index in [0.29, 0.717) is 12.3 Å². The third kappa shape index (κ3) is 3.31. The molecule has 0 saturated carbocycles. The van der Waals surface area contributed by atoms with E-state index >= 15 is 0 Å². The van der Waals surface area contributed by atoms with Crippen LogP contribution in [0.4, 0.5) is 0 Å². The van der Waals surface area contributed by atoms with Crippen LogP contribution in [-0.4, -0.2) is 44.5 Å². The molecular formula is C13H20N2O2S. The molecule has 2 N–H and O–H groups in total. The monoisotopic (exact) mass is 268 g/mol.